The van der Waals surface area contributed by atoms with Gasteiger partial charge in [0.1, 0.15) is 5.60 Å². The molecule has 3 nitrogen and oxygen atoms in total. The first-order valence-electron chi connectivity index (χ1n) is 7.68. The number of rotatable bonds is 2. The molecule has 2 atom stereocenters. The van der Waals surface area contributed by atoms with E-state index < -0.39 is 5.60 Å². The molecule has 0 aromatic rings. The number of nitrogens with zero attached hydrogens (tertiary/aromatic N) is 1. The number of hydrogen-bond donors (Lipinski definition) is 1. The fourth-order valence-corrected chi connectivity index (χ4v) is 4.17. The summed E-state index contributed by atoms with van der Waals surface area (Å²) in [4.78, 5) is 2.45. The number of ether oxygens (including phenoxy) is 1. The van der Waals surface area contributed by atoms with Crippen LogP contribution < -0.4 is 0 Å². The first-order chi connectivity index (χ1) is 8.62. The lowest BCUT2D eigenvalue weighted by Gasteiger charge is -2.52. The Morgan fingerprint density at radius 1 is 1.11 bits per heavy atom. The molecule has 0 amide bonds. The van der Waals surface area contributed by atoms with Gasteiger partial charge in [-0.3, -0.25) is 4.90 Å². The van der Waals surface area contributed by atoms with Crippen LogP contribution in [0.15, 0.2) is 0 Å². The minimum atomic E-state index is -0.591. The molecule has 2 unspecified atom stereocenters. The van der Waals surface area contributed by atoms with Crippen LogP contribution in [0.5, 0.6) is 0 Å². The number of aliphatic hydroxyl groups is 1. The van der Waals surface area contributed by atoms with Gasteiger partial charge in [-0.25, -0.2) is 0 Å². The zero-order valence-corrected chi connectivity index (χ0v) is 11.7. The maximum atomic E-state index is 10.6. The smallest absolute Gasteiger partial charge is 0.105 e. The fourth-order valence-electron chi connectivity index (χ4n) is 4.17. The largest absolute Gasteiger partial charge is 0.386 e. The van der Waals surface area contributed by atoms with Gasteiger partial charge in [0.2, 0.25) is 0 Å². The second-order valence-corrected chi connectivity index (χ2v) is 6.93. The van der Waals surface area contributed by atoms with Crippen molar-refractivity contribution < 1.29 is 9.84 Å². The van der Waals surface area contributed by atoms with Crippen LogP contribution in [0.4, 0.5) is 0 Å². The summed E-state index contributed by atoms with van der Waals surface area (Å²) in [6, 6.07) is 0. The predicted molar refractivity (Wildman–Crippen MR) is 71.6 cm³/mol. The Labute approximate surface area is 110 Å². The normalized spacial score (nSPS) is 40.7. The van der Waals surface area contributed by atoms with E-state index in [2.05, 4.69) is 4.90 Å². The van der Waals surface area contributed by atoms with Crippen LogP contribution in [0.2, 0.25) is 0 Å². The predicted octanol–water partition coefficient (Wildman–Crippen LogP) is 2.18. The molecule has 1 aliphatic carbocycles. The molecule has 2 aliphatic heterocycles. The van der Waals surface area contributed by atoms with Crippen molar-refractivity contribution in [2.75, 3.05) is 26.2 Å². The lowest BCUT2D eigenvalue weighted by atomic mass is 9.73. The van der Waals surface area contributed by atoms with E-state index in [9.17, 15) is 5.11 Å². The summed E-state index contributed by atoms with van der Waals surface area (Å²) in [6.07, 6.45) is 9.31. The van der Waals surface area contributed by atoms with Gasteiger partial charge in [0.15, 0.2) is 0 Å². The van der Waals surface area contributed by atoms with Crippen molar-refractivity contribution in [1.82, 2.24) is 4.90 Å². The number of likely N-dealkylation sites (tertiary alicyclic amines) is 1. The topological polar surface area (TPSA) is 32.7 Å². The first kappa shape index (κ1) is 12.9. The summed E-state index contributed by atoms with van der Waals surface area (Å²) in [5.41, 5.74) is 0.0158. The van der Waals surface area contributed by atoms with Gasteiger partial charge >= 0.3 is 0 Å². The molecule has 2 heterocycles. The zero-order chi connectivity index (χ0) is 12.6. The van der Waals surface area contributed by atoms with Gasteiger partial charge < -0.3 is 9.84 Å². The first-order valence-corrected chi connectivity index (χ1v) is 7.68. The van der Waals surface area contributed by atoms with E-state index in [0.29, 0.717) is 5.41 Å². The van der Waals surface area contributed by atoms with Crippen LogP contribution in [0, 0.1) is 5.41 Å². The Morgan fingerprint density at radius 2 is 1.78 bits per heavy atom. The van der Waals surface area contributed by atoms with E-state index in [4.69, 9.17) is 4.74 Å². The van der Waals surface area contributed by atoms with Crippen molar-refractivity contribution in [3.8, 4) is 0 Å². The van der Waals surface area contributed by atoms with Crippen LogP contribution >= 0.6 is 0 Å². The van der Waals surface area contributed by atoms with Gasteiger partial charge in [0, 0.05) is 32.7 Å². The third-order valence-corrected chi connectivity index (χ3v) is 5.44. The van der Waals surface area contributed by atoms with Crippen LogP contribution in [-0.4, -0.2) is 48.0 Å². The minimum absolute atomic E-state index is 0.00295. The quantitative estimate of drug-likeness (QED) is 0.819. The third-order valence-electron chi connectivity index (χ3n) is 5.44. The lowest BCUT2D eigenvalue weighted by molar-refractivity contribution is -0.0956. The fraction of sp³-hybridized carbons (Fsp3) is 1.00. The Kier molecular flexibility index (Phi) is 3.41. The molecule has 0 bridgehead atoms. The average molecular weight is 253 g/mol. The maximum Gasteiger partial charge on any atom is 0.105 e. The van der Waals surface area contributed by atoms with Gasteiger partial charge in [0.05, 0.1) is 6.10 Å². The molecule has 3 rings (SSSR count). The SMILES string of the molecule is CC1OCCC1(O)CN1CC2(CCCCCC2)C1. The molecule has 3 aliphatic rings. The second kappa shape index (κ2) is 4.77. The van der Waals surface area contributed by atoms with Gasteiger partial charge in [-0.15, -0.1) is 0 Å². The highest BCUT2D eigenvalue weighted by atomic mass is 16.5. The van der Waals surface area contributed by atoms with Crippen molar-refractivity contribution in [1.29, 1.82) is 0 Å². The lowest BCUT2D eigenvalue weighted by Crippen LogP contribution is -2.61. The van der Waals surface area contributed by atoms with Crippen molar-refractivity contribution >= 4 is 0 Å². The van der Waals surface area contributed by atoms with Crippen molar-refractivity contribution in [2.24, 2.45) is 5.41 Å². The van der Waals surface area contributed by atoms with Crippen molar-refractivity contribution in [3.05, 3.63) is 0 Å². The molecule has 0 radical (unpaired) electrons. The van der Waals surface area contributed by atoms with E-state index >= 15 is 0 Å². The molecule has 1 spiro atoms. The molecule has 1 saturated carbocycles. The van der Waals surface area contributed by atoms with Crippen LogP contribution in [0.3, 0.4) is 0 Å². The summed E-state index contributed by atoms with van der Waals surface area (Å²) in [5.74, 6) is 0. The number of β-amino-alcohol motifs (C(OH)–C–C–N with tert-alkyl or cyclic N) is 1. The van der Waals surface area contributed by atoms with E-state index in [0.717, 1.165) is 19.6 Å². The highest BCUT2D eigenvalue weighted by Crippen LogP contribution is 2.43. The van der Waals surface area contributed by atoms with Gasteiger partial charge in [-0.2, -0.15) is 0 Å². The molecule has 3 heteroatoms. The average Bonchev–Trinajstić information content (AvgIpc) is 2.54. The Balaban J connectivity index is 1.52. The Bertz CT molecular complexity index is 291. The summed E-state index contributed by atoms with van der Waals surface area (Å²) < 4.78 is 5.52. The van der Waals surface area contributed by atoms with Gasteiger partial charge in [0.25, 0.3) is 0 Å². The molecule has 104 valence electrons. The molecule has 0 aromatic carbocycles. The van der Waals surface area contributed by atoms with Crippen molar-refractivity contribution in [2.45, 2.75) is 63.6 Å². The molecule has 3 fully saturated rings. The molecule has 2 saturated heterocycles. The minimum Gasteiger partial charge on any atom is -0.386 e. The zero-order valence-electron chi connectivity index (χ0n) is 11.7. The number of hydrogen-bond acceptors (Lipinski definition) is 3. The standard InChI is InChI=1S/C15H27NO2/c1-13-15(17,8-9-18-13)12-16-10-14(11-16)6-4-2-3-5-7-14/h13,17H,2-12H2,1H3. The van der Waals surface area contributed by atoms with Crippen LogP contribution in [0.25, 0.3) is 0 Å². The summed E-state index contributed by atoms with van der Waals surface area (Å²) in [5, 5.41) is 10.6. The maximum absolute atomic E-state index is 10.6. The highest BCUT2D eigenvalue weighted by molar-refractivity contribution is 5.00. The van der Waals surface area contributed by atoms with E-state index in [1.165, 1.54) is 51.6 Å². The third kappa shape index (κ3) is 2.33. The van der Waals surface area contributed by atoms with E-state index in [1.807, 2.05) is 6.92 Å². The Morgan fingerprint density at radius 3 is 2.33 bits per heavy atom. The van der Waals surface area contributed by atoms with E-state index in [1.54, 1.807) is 0 Å². The molecular formula is C15H27NO2. The van der Waals surface area contributed by atoms with Gasteiger partial charge in [-0.05, 0) is 25.2 Å². The summed E-state index contributed by atoms with van der Waals surface area (Å²) >= 11 is 0. The van der Waals surface area contributed by atoms with Crippen LogP contribution in [-0.2, 0) is 4.74 Å². The van der Waals surface area contributed by atoms with E-state index in [-0.39, 0.29) is 6.10 Å². The summed E-state index contributed by atoms with van der Waals surface area (Å²) in [6.45, 7) is 5.96. The molecular weight excluding hydrogens is 226 g/mol. The monoisotopic (exact) mass is 253 g/mol. The second-order valence-electron chi connectivity index (χ2n) is 6.93. The molecule has 0 aromatic heterocycles. The van der Waals surface area contributed by atoms with Crippen molar-refractivity contribution in [3.63, 3.8) is 0 Å². The molecule has 18 heavy (non-hydrogen) atoms. The Hall–Kier alpha value is -0.120. The molecule has 1 N–H and O–H groups in total. The van der Waals surface area contributed by atoms with Crippen LogP contribution in [0.1, 0.15) is 51.9 Å². The summed E-state index contributed by atoms with van der Waals surface area (Å²) in [7, 11) is 0. The van der Waals surface area contributed by atoms with Gasteiger partial charge in [-0.1, -0.05) is 25.7 Å². The highest BCUT2D eigenvalue weighted by Gasteiger charge is 2.48.